The smallest absolute Gasteiger partial charge is 0.324 e. The molecule has 0 saturated carbocycles. The minimum atomic E-state index is 0.235. The molecule has 2 aromatic heterocycles. The van der Waals surface area contributed by atoms with E-state index in [1.165, 1.54) is 0 Å². The number of anilines is 1. The molecule has 2 heterocycles. The maximum atomic E-state index is 5.56. The SMILES string of the molecule is Cc1nn(C)c(C)c1Oc1nccc(N)n1. The highest BCUT2D eigenvalue weighted by Gasteiger charge is 2.12. The summed E-state index contributed by atoms with van der Waals surface area (Å²) in [5.41, 5.74) is 7.26. The summed E-state index contributed by atoms with van der Waals surface area (Å²) in [6, 6.07) is 1.84. The third kappa shape index (κ3) is 1.81. The van der Waals surface area contributed by atoms with E-state index < -0.39 is 0 Å². The Balaban J connectivity index is 2.34. The van der Waals surface area contributed by atoms with Crippen LogP contribution in [0, 0.1) is 13.8 Å². The molecule has 0 saturated heterocycles. The normalized spacial score (nSPS) is 10.4. The van der Waals surface area contributed by atoms with Gasteiger partial charge in [0.05, 0.1) is 5.69 Å². The maximum Gasteiger partial charge on any atom is 0.324 e. The largest absolute Gasteiger partial charge is 0.420 e. The van der Waals surface area contributed by atoms with Crippen molar-refractivity contribution >= 4 is 5.82 Å². The molecular weight excluding hydrogens is 206 g/mol. The lowest BCUT2D eigenvalue weighted by atomic mass is 10.3. The van der Waals surface area contributed by atoms with Gasteiger partial charge in [-0.1, -0.05) is 0 Å². The minimum Gasteiger partial charge on any atom is -0.420 e. The van der Waals surface area contributed by atoms with E-state index in [4.69, 9.17) is 10.5 Å². The van der Waals surface area contributed by atoms with Crippen LogP contribution in [0.5, 0.6) is 11.8 Å². The zero-order valence-corrected chi connectivity index (χ0v) is 9.43. The van der Waals surface area contributed by atoms with E-state index in [-0.39, 0.29) is 6.01 Å². The molecule has 2 rings (SSSR count). The van der Waals surface area contributed by atoms with Gasteiger partial charge in [-0.3, -0.25) is 4.68 Å². The molecule has 0 atom stereocenters. The van der Waals surface area contributed by atoms with Gasteiger partial charge in [0.2, 0.25) is 0 Å². The molecule has 0 radical (unpaired) electrons. The summed E-state index contributed by atoms with van der Waals surface area (Å²) in [6.45, 7) is 3.79. The van der Waals surface area contributed by atoms with Crippen LogP contribution in [0.2, 0.25) is 0 Å². The summed E-state index contributed by atoms with van der Waals surface area (Å²) >= 11 is 0. The van der Waals surface area contributed by atoms with E-state index >= 15 is 0 Å². The molecule has 0 aliphatic carbocycles. The zero-order valence-electron chi connectivity index (χ0n) is 9.43. The molecule has 0 spiro atoms. The highest BCUT2D eigenvalue weighted by atomic mass is 16.5. The lowest BCUT2D eigenvalue weighted by Gasteiger charge is -2.03. The predicted octanol–water partition coefficient (Wildman–Crippen LogP) is 1.20. The second-order valence-corrected chi connectivity index (χ2v) is 3.49. The van der Waals surface area contributed by atoms with Gasteiger partial charge in [0.25, 0.3) is 0 Å². The van der Waals surface area contributed by atoms with Crippen molar-refractivity contribution in [2.24, 2.45) is 7.05 Å². The maximum absolute atomic E-state index is 5.56. The third-order valence-corrected chi connectivity index (χ3v) is 2.29. The first-order valence-electron chi connectivity index (χ1n) is 4.84. The number of nitrogen functional groups attached to an aromatic ring is 1. The molecule has 0 amide bonds. The van der Waals surface area contributed by atoms with Crippen LogP contribution in [0.25, 0.3) is 0 Å². The number of aryl methyl sites for hydroxylation is 2. The number of aromatic nitrogens is 4. The average molecular weight is 219 g/mol. The van der Waals surface area contributed by atoms with Gasteiger partial charge in [-0.15, -0.1) is 0 Å². The topological polar surface area (TPSA) is 78.8 Å². The van der Waals surface area contributed by atoms with Crippen molar-refractivity contribution < 1.29 is 4.74 Å². The van der Waals surface area contributed by atoms with Crippen LogP contribution >= 0.6 is 0 Å². The molecule has 0 unspecified atom stereocenters. The molecule has 6 heteroatoms. The molecule has 6 nitrogen and oxygen atoms in total. The number of rotatable bonds is 2. The molecule has 2 N–H and O–H groups in total. The summed E-state index contributed by atoms with van der Waals surface area (Å²) in [5.74, 6) is 1.05. The average Bonchev–Trinajstić information content (AvgIpc) is 2.45. The molecule has 16 heavy (non-hydrogen) atoms. The first-order valence-corrected chi connectivity index (χ1v) is 4.84. The second-order valence-electron chi connectivity index (χ2n) is 3.49. The van der Waals surface area contributed by atoms with Gasteiger partial charge in [0, 0.05) is 13.2 Å². The van der Waals surface area contributed by atoms with Crippen LogP contribution < -0.4 is 10.5 Å². The standard InChI is InChI=1S/C10H13N5O/c1-6-9(7(2)15(3)14-6)16-10-12-5-4-8(11)13-10/h4-5H,1-3H3,(H2,11,12,13). The fraction of sp³-hybridized carbons (Fsp3) is 0.300. The molecule has 0 aliphatic rings. The van der Waals surface area contributed by atoms with Gasteiger partial charge < -0.3 is 10.5 Å². The first-order chi connectivity index (χ1) is 7.58. The highest BCUT2D eigenvalue weighted by molar-refractivity contribution is 5.35. The summed E-state index contributed by atoms with van der Waals surface area (Å²) in [6.07, 6.45) is 1.55. The molecule has 0 bridgehead atoms. The number of ether oxygens (including phenoxy) is 1. The van der Waals surface area contributed by atoms with Crippen molar-refractivity contribution in [3.63, 3.8) is 0 Å². The Kier molecular flexibility index (Phi) is 2.47. The number of hydrogen-bond donors (Lipinski definition) is 1. The van der Waals surface area contributed by atoms with E-state index in [0.717, 1.165) is 11.4 Å². The Labute approximate surface area is 93.1 Å². The Morgan fingerprint density at radius 1 is 1.38 bits per heavy atom. The molecule has 84 valence electrons. The number of nitrogens with two attached hydrogens (primary N) is 1. The monoisotopic (exact) mass is 219 g/mol. The van der Waals surface area contributed by atoms with E-state index in [1.54, 1.807) is 16.9 Å². The fourth-order valence-electron chi connectivity index (χ4n) is 1.40. The quantitative estimate of drug-likeness (QED) is 0.821. The van der Waals surface area contributed by atoms with Crippen molar-refractivity contribution in [1.82, 2.24) is 19.7 Å². The van der Waals surface area contributed by atoms with E-state index in [0.29, 0.717) is 11.6 Å². The zero-order chi connectivity index (χ0) is 11.7. The molecular formula is C10H13N5O. The number of nitrogens with zero attached hydrogens (tertiary/aromatic N) is 4. The molecule has 0 fully saturated rings. The van der Waals surface area contributed by atoms with Crippen molar-refractivity contribution in [3.8, 4) is 11.8 Å². The van der Waals surface area contributed by atoms with E-state index in [1.807, 2.05) is 20.9 Å². The predicted molar refractivity (Wildman–Crippen MR) is 59.2 cm³/mol. The molecule has 0 aromatic carbocycles. The van der Waals surface area contributed by atoms with Crippen LogP contribution in [0.15, 0.2) is 12.3 Å². The molecule has 0 aliphatic heterocycles. The third-order valence-electron chi connectivity index (χ3n) is 2.29. The Hall–Kier alpha value is -2.11. The van der Waals surface area contributed by atoms with Gasteiger partial charge >= 0.3 is 6.01 Å². The van der Waals surface area contributed by atoms with Gasteiger partial charge in [0.1, 0.15) is 11.5 Å². The highest BCUT2D eigenvalue weighted by Crippen LogP contribution is 2.25. The van der Waals surface area contributed by atoms with Crippen molar-refractivity contribution in [1.29, 1.82) is 0 Å². The molecule has 2 aromatic rings. The van der Waals surface area contributed by atoms with E-state index in [2.05, 4.69) is 15.1 Å². The van der Waals surface area contributed by atoms with Crippen LogP contribution in [0.1, 0.15) is 11.4 Å². The Morgan fingerprint density at radius 2 is 2.12 bits per heavy atom. The van der Waals surface area contributed by atoms with Crippen LogP contribution in [-0.2, 0) is 7.05 Å². The summed E-state index contributed by atoms with van der Waals surface area (Å²) in [4.78, 5) is 7.94. The minimum absolute atomic E-state index is 0.235. The first kappa shape index (κ1) is 10.4. The van der Waals surface area contributed by atoms with Crippen molar-refractivity contribution in [2.75, 3.05) is 5.73 Å². The lowest BCUT2D eigenvalue weighted by Crippen LogP contribution is -1.97. The van der Waals surface area contributed by atoms with Crippen LogP contribution in [-0.4, -0.2) is 19.7 Å². The van der Waals surface area contributed by atoms with Crippen LogP contribution in [0.3, 0.4) is 0 Å². The van der Waals surface area contributed by atoms with Crippen molar-refractivity contribution in [3.05, 3.63) is 23.7 Å². The van der Waals surface area contributed by atoms with Gasteiger partial charge in [-0.25, -0.2) is 4.98 Å². The Morgan fingerprint density at radius 3 is 2.69 bits per heavy atom. The van der Waals surface area contributed by atoms with E-state index in [9.17, 15) is 0 Å². The Bertz CT molecular complexity index is 520. The van der Waals surface area contributed by atoms with Gasteiger partial charge in [0.15, 0.2) is 5.75 Å². The lowest BCUT2D eigenvalue weighted by molar-refractivity contribution is 0.435. The summed E-state index contributed by atoms with van der Waals surface area (Å²) < 4.78 is 7.30. The summed E-state index contributed by atoms with van der Waals surface area (Å²) in [5, 5.41) is 4.23. The van der Waals surface area contributed by atoms with Gasteiger partial charge in [-0.05, 0) is 19.9 Å². The van der Waals surface area contributed by atoms with Crippen LogP contribution in [0.4, 0.5) is 5.82 Å². The second kappa shape index (κ2) is 3.80. The number of hydrogen-bond acceptors (Lipinski definition) is 5. The fourth-order valence-corrected chi connectivity index (χ4v) is 1.40. The van der Waals surface area contributed by atoms with Crippen molar-refractivity contribution in [2.45, 2.75) is 13.8 Å². The van der Waals surface area contributed by atoms with Gasteiger partial charge in [-0.2, -0.15) is 10.1 Å². The summed E-state index contributed by atoms with van der Waals surface area (Å²) in [7, 11) is 1.86.